The Hall–Kier alpha value is -1.34. The molecule has 100 valence electrons. The average molecular weight is 248 g/mol. The quantitative estimate of drug-likeness (QED) is 0.451. The van der Waals surface area contributed by atoms with Crippen LogP contribution in [0.4, 0.5) is 4.79 Å². The topological polar surface area (TPSA) is 110 Å². The summed E-state index contributed by atoms with van der Waals surface area (Å²) in [7, 11) is 0. The molecule has 0 aromatic heterocycles. The molecule has 0 fully saturated rings. The summed E-state index contributed by atoms with van der Waals surface area (Å²) in [5.74, 6) is -1.30. The van der Waals surface area contributed by atoms with Gasteiger partial charge in [0, 0.05) is 32.7 Å². The van der Waals surface area contributed by atoms with Crippen molar-refractivity contribution in [2.24, 2.45) is 0 Å². The molecule has 0 saturated heterocycles. The van der Waals surface area contributed by atoms with Crippen LogP contribution in [0.25, 0.3) is 0 Å². The van der Waals surface area contributed by atoms with E-state index >= 15 is 0 Å². The molecule has 2 amide bonds. The van der Waals surface area contributed by atoms with E-state index < -0.39 is 12.1 Å². The summed E-state index contributed by atoms with van der Waals surface area (Å²) in [6, 6.07) is -0.321. The van der Waals surface area contributed by atoms with Gasteiger partial charge in [0.15, 0.2) is 6.10 Å². The molecular weight excluding hydrogens is 228 g/mol. The number of rotatable bonds is 8. The number of aliphatic hydroxyl groups excluding tert-OH is 2. The number of hydrogen-bond acceptors (Lipinski definition) is 4. The number of carboxylic acid groups (broad SMARTS) is 1. The van der Waals surface area contributed by atoms with Gasteiger partial charge in [-0.05, 0) is 13.3 Å². The number of nitrogens with zero attached hydrogens (tertiary/aromatic N) is 1. The fourth-order valence-corrected chi connectivity index (χ4v) is 1.22. The molecule has 0 saturated carbocycles. The van der Waals surface area contributed by atoms with Crippen LogP contribution in [0.3, 0.4) is 0 Å². The Kier molecular flexibility index (Phi) is 8.08. The SMILES string of the molecule is CCN(CCCO)C(=O)NCCC(O)C(=O)O. The summed E-state index contributed by atoms with van der Waals surface area (Å²) in [5.41, 5.74) is 0. The first-order valence-corrected chi connectivity index (χ1v) is 5.57. The Morgan fingerprint density at radius 3 is 2.53 bits per heavy atom. The number of carbonyl (C=O) groups is 2. The monoisotopic (exact) mass is 248 g/mol. The lowest BCUT2D eigenvalue weighted by atomic mass is 10.2. The highest BCUT2D eigenvalue weighted by atomic mass is 16.4. The Morgan fingerprint density at radius 1 is 1.41 bits per heavy atom. The number of amides is 2. The third kappa shape index (κ3) is 6.75. The molecule has 0 aromatic carbocycles. The molecule has 0 spiro atoms. The molecule has 7 heteroatoms. The van der Waals surface area contributed by atoms with Crippen LogP contribution < -0.4 is 5.32 Å². The zero-order chi connectivity index (χ0) is 13.3. The number of hydrogen-bond donors (Lipinski definition) is 4. The largest absolute Gasteiger partial charge is 0.479 e. The minimum Gasteiger partial charge on any atom is -0.479 e. The molecule has 0 rings (SSSR count). The number of carbonyl (C=O) groups excluding carboxylic acids is 1. The standard InChI is InChI=1S/C10H20N2O5/c1-2-12(6-3-7-13)10(17)11-5-4-8(14)9(15)16/h8,13-14H,2-7H2,1H3,(H,11,17)(H,15,16). The van der Waals surface area contributed by atoms with Gasteiger partial charge in [-0.2, -0.15) is 0 Å². The van der Waals surface area contributed by atoms with E-state index in [1.165, 1.54) is 4.90 Å². The molecule has 4 N–H and O–H groups in total. The maximum absolute atomic E-state index is 11.5. The van der Waals surface area contributed by atoms with Crippen LogP contribution in [0.2, 0.25) is 0 Å². The van der Waals surface area contributed by atoms with Crippen LogP contribution in [0.1, 0.15) is 19.8 Å². The minimum absolute atomic E-state index is 0.0154. The van der Waals surface area contributed by atoms with E-state index in [9.17, 15) is 9.59 Å². The first-order chi connectivity index (χ1) is 8.02. The van der Waals surface area contributed by atoms with E-state index in [4.69, 9.17) is 15.3 Å². The number of nitrogens with one attached hydrogen (secondary N) is 1. The second-order valence-electron chi connectivity index (χ2n) is 3.53. The summed E-state index contributed by atoms with van der Waals surface area (Å²) in [6.45, 7) is 2.88. The van der Waals surface area contributed by atoms with Crippen molar-refractivity contribution in [1.82, 2.24) is 10.2 Å². The Balaban J connectivity index is 3.86. The molecule has 0 aromatic rings. The van der Waals surface area contributed by atoms with Gasteiger partial charge in [-0.15, -0.1) is 0 Å². The van der Waals surface area contributed by atoms with Gasteiger partial charge in [0.2, 0.25) is 0 Å². The first kappa shape index (κ1) is 15.7. The predicted molar refractivity (Wildman–Crippen MR) is 60.6 cm³/mol. The van der Waals surface area contributed by atoms with Gasteiger partial charge in [-0.25, -0.2) is 9.59 Å². The van der Waals surface area contributed by atoms with Crippen LogP contribution in [0, 0.1) is 0 Å². The summed E-state index contributed by atoms with van der Waals surface area (Å²) in [6.07, 6.45) is -0.986. The van der Waals surface area contributed by atoms with Crippen molar-refractivity contribution in [1.29, 1.82) is 0 Å². The van der Waals surface area contributed by atoms with Gasteiger partial charge in [-0.1, -0.05) is 0 Å². The van der Waals surface area contributed by atoms with Crippen LogP contribution in [0.15, 0.2) is 0 Å². The number of aliphatic hydroxyl groups is 2. The number of aliphatic carboxylic acids is 1. The van der Waals surface area contributed by atoms with Gasteiger partial charge < -0.3 is 25.5 Å². The van der Waals surface area contributed by atoms with E-state index in [-0.39, 0.29) is 25.6 Å². The molecule has 0 aliphatic carbocycles. The average Bonchev–Trinajstić information content (AvgIpc) is 2.29. The van der Waals surface area contributed by atoms with Crippen LogP contribution in [0.5, 0.6) is 0 Å². The van der Waals surface area contributed by atoms with Crippen molar-refractivity contribution < 1.29 is 24.9 Å². The fourth-order valence-electron chi connectivity index (χ4n) is 1.22. The lowest BCUT2D eigenvalue weighted by molar-refractivity contribution is -0.146. The van der Waals surface area contributed by atoms with Crippen molar-refractivity contribution in [3.8, 4) is 0 Å². The van der Waals surface area contributed by atoms with Gasteiger partial charge in [-0.3, -0.25) is 0 Å². The third-order valence-corrected chi connectivity index (χ3v) is 2.23. The summed E-state index contributed by atoms with van der Waals surface area (Å²) in [4.78, 5) is 23.3. The molecule has 0 aliphatic rings. The Bertz CT molecular complexity index is 247. The predicted octanol–water partition coefficient (Wildman–Crippen LogP) is -0.764. The second-order valence-corrected chi connectivity index (χ2v) is 3.53. The molecule has 0 bridgehead atoms. The van der Waals surface area contributed by atoms with Gasteiger partial charge in [0.25, 0.3) is 0 Å². The maximum Gasteiger partial charge on any atom is 0.332 e. The smallest absolute Gasteiger partial charge is 0.332 e. The van der Waals surface area contributed by atoms with E-state index in [1.807, 2.05) is 6.92 Å². The zero-order valence-electron chi connectivity index (χ0n) is 9.93. The van der Waals surface area contributed by atoms with Crippen molar-refractivity contribution in [3.05, 3.63) is 0 Å². The lowest BCUT2D eigenvalue weighted by Crippen LogP contribution is -2.42. The molecule has 7 nitrogen and oxygen atoms in total. The van der Waals surface area contributed by atoms with Crippen LogP contribution in [-0.2, 0) is 4.79 Å². The molecule has 0 aliphatic heterocycles. The number of carboxylic acids is 1. The van der Waals surface area contributed by atoms with Gasteiger partial charge in [0.1, 0.15) is 0 Å². The molecule has 1 atom stereocenters. The van der Waals surface area contributed by atoms with Gasteiger partial charge >= 0.3 is 12.0 Å². The summed E-state index contributed by atoms with van der Waals surface area (Å²) in [5, 5.41) is 28.6. The number of urea groups is 1. The Labute approximate surface area is 100 Å². The van der Waals surface area contributed by atoms with Crippen LogP contribution in [-0.4, -0.2) is 64.6 Å². The highest BCUT2D eigenvalue weighted by Gasteiger charge is 2.14. The first-order valence-electron chi connectivity index (χ1n) is 5.57. The Morgan fingerprint density at radius 2 is 2.06 bits per heavy atom. The van der Waals surface area contributed by atoms with E-state index in [2.05, 4.69) is 5.32 Å². The minimum atomic E-state index is -1.46. The summed E-state index contributed by atoms with van der Waals surface area (Å²) < 4.78 is 0. The van der Waals surface area contributed by atoms with Crippen molar-refractivity contribution in [2.75, 3.05) is 26.2 Å². The summed E-state index contributed by atoms with van der Waals surface area (Å²) >= 11 is 0. The normalized spacial score (nSPS) is 11.9. The molecule has 1 unspecified atom stereocenters. The highest BCUT2D eigenvalue weighted by molar-refractivity contribution is 5.74. The van der Waals surface area contributed by atoms with E-state index in [0.717, 1.165) is 0 Å². The second kappa shape index (κ2) is 8.77. The van der Waals surface area contributed by atoms with Gasteiger partial charge in [0.05, 0.1) is 0 Å². The fraction of sp³-hybridized carbons (Fsp3) is 0.800. The van der Waals surface area contributed by atoms with E-state index in [0.29, 0.717) is 19.5 Å². The molecule has 0 radical (unpaired) electrons. The molecule has 0 heterocycles. The van der Waals surface area contributed by atoms with Crippen LogP contribution >= 0.6 is 0 Å². The third-order valence-electron chi connectivity index (χ3n) is 2.23. The van der Waals surface area contributed by atoms with Crippen molar-refractivity contribution in [3.63, 3.8) is 0 Å². The van der Waals surface area contributed by atoms with Crippen molar-refractivity contribution in [2.45, 2.75) is 25.9 Å². The molecule has 17 heavy (non-hydrogen) atoms. The molecular formula is C10H20N2O5. The maximum atomic E-state index is 11.5. The van der Waals surface area contributed by atoms with Crippen molar-refractivity contribution >= 4 is 12.0 Å². The lowest BCUT2D eigenvalue weighted by Gasteiger charge is -2.21. The zero-order valence-corrected chi connectivity index (χ0v) is 9.93. The van der Waals surface area contributed by atoms with E-state index in [1.54, 1.807) is 0 Å². The highest BCUT2D eigenvalue weighted by Crippen LogP contribution is 1.94.